The van der Waals surface area contributed by atoms with E-state index in [1.54, 1.807) is 42.5 Å². The van der Waals surface area contributed by atoms with E-state index in [4.69, 9.17) is 4.18 Å². The Morgan fingerprint density at radius 2 is 1.34 bits per heavy atom. The number of rotatable bonds is 6. The van der Waals surface area contributed by atoms with Gasteiger partial charge in [-0.25, -0.2) is 0 Å². The molecule has 0 saturated heterocycles. The minimum atomic E-state index is -4.20. The van der Waals surface area contributed by atoms with Crippen molar-refractivity contribution in [2.24, 2.45) is 0 Å². The Morgan fingerprint density at radius 3 is 1.91 bits per heavy atom. The van der Waals surface area contributed by atoms with Crippen molar-refractivity contribution < 1.29 is 22.2 Å². The molecule has 32 heavy (non-hydrogen) atoms. The molecule has 0 amide bonds. The van der Waals surface area contributed by atoms with Gasteiger partial charge in [0.2, 0.25) is 0 Å². The van der Waals surface area contributed by atoms with Gasteiger partial charge in [-0.3, -0.25) is 9.59 Å². The van der Waals surface area contributed by atoms with E-state index in [0.29, 0.717) is 24.3 Å². The highest BCUT2D eigenvalue weighted by Gasteiger charge is 2.36. The molecule has 4 rings (SSSR count). The number of hydrogen-bond acceptors (Lipinski definition) is 6. The molecule has 0 aliphatic heterocycles. The molecule has 0 fully saturated rings. The SMILES string of the molecule is CCN(CC)c1ccc(OS(=O)(=O)c2ccc(C)cc2)c2c1C(=O)c1ccccc1C2=O. The molecule has 0 aromatic heterocycles. The van der Waals surface area contributed by atoms with Crippen molar-refractivity contribution in [1.29, 1.82) is 0 Å². The summed E-state index contributed by atoms with van der Waals surface area (Å²) in [4.78, 5) is 28.8. The van der Waals surface area contributed by atoms with Crippen molar-refractivity contribution in [3.05, 3.63) is 88.5 Å². The molecule has 1 aliphatic carbocycles. The van der Waals surface area contributed by atoms with Crippen molar-refractivity contribution >= 4 is 27.4 Å². The third-order valence-corrected chi connectivity index (χ3v) is 6.88. The van der Waals surface area contributed by atoms with Crippen molar-refractivity contribution in [3.63, 3.8) is 0 Å². The van der Waals surface area contributed by atoms with Gasteiger partial charge in [0, 0.05) is 29.9 Å². The van der Waals surface area contributed by atoms with Crippen LogP contribution in [0.25, 0.3) is 0 Å². The lowest BCUT2D eigenvalue weighted by molar-refractivity contribution is 0.0978. The number of aryl methyl sites for hydroxylation is 1. The Bertz CT molecular complexity index is 1320. The van der Waals surface area contributed by atoms with Gasteiger partial charge >= 0.3 is 10.1 Å². The highest BCUT2D eigenvalue weighted by molar-refractivity contribution is 7.87. The first-order chi connectivity index (χ1) is 15.3. The molecule has 164 valence electrons. The number of fused-ring (bicyclic) bond motifs is 2. The molecular formula is C25H23NO5S. The Balaban J connectivity index is 1.91. The van der Waals surface area contributed by atoms with Crippen LogP contribution in [0, 0.1) is 6.92 Å². The van der Waals surface area contributed by atoms with Crippen LogP contribution in [0.5, 0.6) is 5.75 Å². The highest BCUT2D eigenvalue weighted by Crippen LogP contribution is 2.39. The van der Waals surface area contributed by atoms with Gasteiger partial charge in [0.25, 0.3) is 0 Å². The number of carbonyl (C=O) groups excluding carboxylic acids is 2. The van der Waals surface area contributed by atoms with Crippen LogP contribution in [-0.4, -0.2) is 33.1 Å². The minimum absolute atomic E-state index is 0.0196. The van der Waals surface area contributed by atoms with Gasteiger partial charge < -0.3 is 9.08 Å². The lowest BCUT2D eigenvalue weighted by Crippen LogP contribution is -2.29. The first-order valence-electron chi connectivity index (χ1n) is 10.4. The molecule has 3 aromatic rings. The molecular weight excluding hydrogens is 426 g/mol. The second kappa shape index (κ2) is 8.24. The fourth-order valence-electron chi connectivity index (χ4n) is 3.94. The lowest BCUT2D eigenvalue weighted by Gasteiger charge is -2.28. The van der Waals surface area contributed by atoms with Gasteiger partial charge in [0.05, 0.1) is 11.1 Å². The molecule has 0 atom stereocenters. The summed E-state index contributed by atoms with van der Waals surface area (Å²) in [5.74, 6) is -0.905. The molecule has 0 radical (unpaired) electrons. The Morgan fingerprint density at radius 1 is 0.781 bits per heavy atom. The maximum absolute atomic E-state index is 13.5. The van der Waals surface area contributed by atoms with E-state index in [-0.39, 0.29) is 33.1 Å². The lowest BCUT2D eigenvalue weighted by atomic mass is 9.82. The number of carbonyl (C=O) groups is 2. The Kier molecular flexibility index (Phi) is 5.60. The van der Waals surface area contributed by atoms with Gasteiger partial charge in [-0.15, -0.1) is 0 Å². The fourth-order valence-corrected chi connectivity index (χ4v) is 4.89. The molecule has 0 spiro atoms. The average Bonchev–Trinajstić information content (AvgIpc) is 2.79. The van der Waals surface area contributed by atoms with Crippen molar-refractivity contribution in [2.45, 2.75) is 25.7 Å². The predicted molar refractivity (Wildman–Crippen MR) is 122 cm³/mol. The molecule has 3 aromatic carbocycles. The van der Waals surface area contributed by atoms with Crippen LogP contribution >= 0.6 is 0 Å². The summed E-state index contributed by atoms with van der Waals surface area (Å²) in [5, 5.41) is 0. The van der Waals surface area contributed by atoms with Gasteiger partial charge in [0.15, 0.2) is 17.3 Å². The summed E-state index contributed by atoms with van der Waals surface area (Å²) >= 11 is 0. The second-order valence-electron chi connectivity index (χ2n) is 7.56. The smallest absolute Gasteiger partial charge is 0.339 e. The maximum Gasteiger partial charge on any atom is 0.339 e. The van der Waals surface area contributed by atoms with Crippen LogP contribution in [0.15, 0.2) is 65.6 Å². The third kappa shape index (κ3) is 3.58. The van der Waals surface area contributed by atoms with E-state index in [1.165, 1.54) is 18.2 Å². The minimum Gasteiger partial charge on any atom is -0.378 e. The first kappa shape index (κ1) is 21.8. The zero-order valence-corrected chi connectivity index (χ0v) is 18.9. The van der Waals surface area contributed by atoms with Crippen LogP contribution in [-0.2, 0) is 10.1 Å². The molecule has 0 bridgehead atoms. The van der Waals surface area contributed by atoms with Crippen LogP contribution in [0.1, 0.15) is 51.3 Å². The zero-order chi connectivity index (χ0) is 23.0. The van der Waals surface area contributed by atoms with E-state index in [9.17, 15) is 18.0 Å². The number of hydrogen-bond donors (Lipinski definition) is 0. The highest BCUT2D eigenvalue weighted by atomic mass is 32.2. The molecule has 7 heteroatoms. The van der Waals surface area contributed by atoms with E-state index in [1.807, 2.05) is 25.7 Å². The number of anilines is 1. The van der Waals surface area contributed by atoms with Crippen LogP contribution in [0.3, 0.4) is 0 Å². The van der Waals surface area contributed by atoms with E-state index in [0.717, 1.165) is 5.56 Å². The molecule has 0 saturated carbocycles. The Labute approximate surface area is 187 Å². The normalized spacial score (nSPS) is 12.8. The topological polar surface area (TPSA) is 80.8 Å². The van der Waals surface area contributed by atoms with Gasteiger partial charge in [0.1, 0.15) is 4.90 Å². The molecule has 6 nitrogen and oxygen atoms in total. The molecule has 1 aliphatic rings. The number of benzene rings is 3. The number of nitrogens with zero attached hydrogens (tertiary/aromatic N) is 1. The fraction of sp³-hybridized carbons (Fsp3) is 0.200. The van der Waals surface area contributed by atoms with Crippen LogP contribution in [0.4, 0.5) is 5.69 Å². The maximum atomic E-state index is 13.5. The van der Waals surface area contributed by atoms with E-state index in [2.05, 4.69) is 0 Å². The first-order valence-corrected chi connectivity index (χ1v) is 11.8. The standard InChI is InChI=1S/C25H23NO5S/c1-4-26(5-2)20-14-15-21(31-32(29,30)17-12-10-16(3)11-13-17)23-22(20)24(27)18-8-6-7-9-19(18)25(23)28/h6-15H,4-5H2,1-3H3. The zero-order valence-electron chi connectivity index (χ0n) is 18.1. The second-order valence-corrected chi connectivity index (χ2v) is 9.11. The largest absolute Gasteiger partial charge is 0.378 e. The summed E-state index contributed by atoms with van der Waals surface area (Å²) < 4.78 is 31.3. The van der Waals surface area contributed by atoms with Gasteiger partial charge in [-0.05, 0) is 45.0 Å². The van der Waals surface area contributed by atoms with Crippen LogP contribution < -0.4 is 9.08 Å². The summed E-state index contributed by atoms with van der Waals surface area (Å²) in [6.07, 6.45) is 0. The van der Waals surface area contributed by atoms with Gasteiger partial charge in [-0.2, -0.15) is 8.42 Å². The van der Waals surface area contributed by atoms with Crippen molar-refractivity contribution in [2.75, 3.05) is 18.0 Å². The summed E-state index contributed by atoms with van der Waals surface area (Å²) in [6.45, 7) is 6.99. The molecule has 0 unspecified atom stereocenters. The monoisotopic (exact) mass is 449 g/mol. The summed E-state index contributed by atoms with van der Waals surface area (Å²) in [5.41, 5.74) is 2.18. The van der Waals surface area contributed by atoms with E-state index >= 15 is 0 Å². The van der Waals surface area contributed by atoms with Gasteiger partial charge in [-0.1, -0.05) is 42.0 Å². The van der Waals surface area contributed by atoms with Crippen molar-refractivity contribution in [1.82, 2.24) is 0 Å². The summed E-state index contributed by atoms with van der Waals surface area (Å²) in [7, 11) is -4.20. The molecule has 0 N–H and O–H groups in total. The number of ketones is 2. The molecule has 0 heterocycles. The average molecular weight is 450 g/mol. The summed E-state index contributed by atoms with van der Waals surface area (Å²) in [6, 6.07) is 15.9. The predicted octanol–water partition coefficient (Wildman–Crippen LogP) is 4.38. The quantitative estimate of drug-likeness (QED) is 0.406. The van der Waals surface area contributed by atoms with Crippen molar-refractivity contribution in [3.8, 4) is 5.75 Å². The van der Waals surface area contributed by atoms with Crippen LogP contribution in [0.2, 0.25) is 0 Å². The van der Waals surface area contributed by atoms with E-state index < -0.39 is 15.9 Å². The Hall–Kier alpha value is -3.45. The third-order valence-electron chi connectivity index (χ3n) is 5.63.